The van der Waals surface area contributed by atoms with Gasteiger partial charge >= 0.3 is 5.97 Å². The maximum Gasteiger partial charge on any atom is 0.335 e. The molecule has 2 aromatic rings. The average molecular weight is 248 g/mol. The number of carbonyl (C=O) groups is 1. The molecular weight excluding hydrogens is 232 g/mol. The van der Waals surface area contributed by atoms with Gasteiger partial charge in [0.15, 0.2) is 6.10 Å². The quantitative estimate of drug-likeness (QED) is 0.801. The zero-order valence-electron chi connectivity index (χ0n) is 10.4. The number of hydrogen-bond acceptors (Lipinski definition) is 4. The van der Waals surface area contributed by atoms with Gasteiger partial charge in [-0.25, -0.2) is 4.79 Å². The number of nitrogens with zero attached hydrogens (tertiary/aromatic N) is 1. The van der Waals surface area contributed by atoms with Gasteiger partial charge in [0, 0.05) is 11.8 Å². The third kappa shape index (κ3) is 2.51. The second-order valence-corrected chi connectivity index (χ2v) is 4.22. The molecule has 0 radical (unpaired) electrons. The molecule has 5 heteroatoms. The highest BCUT2D eigenvalue weighted by atomic mass is 16.5. The fourth-order valence-electron chi connectivity index (χ4n) is 1.98. The summed E-state index contributed by atoms with van der Waals surface area (Å²) in [4.78, 5) is 11.4. The Balaban J connectivity index is 2.18. The van der Waals surface area contributed by atoms with Gasteiger partial charge in [0.05, 0.1) is 18.3 Å². The van der Waals surface area contributed by atoms with Crippen molar-refractivity contribution in [2.24, 2.45) is 0 Å². The van der Waals surface area contributed by atoms with Crippen LogP contribution in [0.2, 0.25) is 0 Å². The van der Waals surface area contributed by atoms with E-state index >= 15 is 0 Å². The molecule has 1 aromatic carbocycles. The zero-order valence-corrected chi connectivity index (χ0v) is 10.4. The van der Waals surface area contributed by atoms with E-state index in [9.17, 15) is 9.90 Å². The summed E-state index contributed by atoms with van der Waals surface area (Å²) in [6.45, 7) is 3.95. The van der Waals surface area contributed by atoms with Crippen LogP contribution < -0.4 is 0 Å². The number of rotatable bonds is 4. The van der Waals surface area contributed by atoms with Crippen molar-refractivity contribution in [1.29, 1.82) is 0 Å². The summed E-state index contributed by atoms with van der Waals surface area (Å²) in [6, 6.07) is 3.84. The Bertz CT molecular complexity index is 562. The molecule has 18 heavy (non-hydrogen) atoms. The van der Waals surface area contributed by atoms with Crippen LogP contribution in [-0.2, 0) is 16.0 Å². The Hall–Kier alpha value is -1.88. The van der Waals surface area contributed by atoms with Crippen LogP contribution >= 0.6 is 0 Å². The number of esters is 1. The van der Waals surface area contributed by atoms with Gasteiger partial charge in [-0.15, -0.1) is 0 Å². The van der Waals surface area contributed by atoms with Crippen molar-refractivity contribution in [2.75, 3.05) is 6.61 Å². The number of hydrogen-bond donors (Lipinski definition) is 2. The van der Waals surface area contributed by atoms with Gasteiger partial charge in [0.2, 0.25) is 0 Å². The second kappa shape index (κ2) is 5.18. The van der Waals surface area contributed by atoms with Crippen molar-refractivity contribution in [1.82, 2.24) is 10.2 Å². The Morgan fingerprint density at radius 1 is 1.56 bits per heavy atom. The predicted molar refractivity (Wildman–Crippen MR) is 67.2 cm³/mol. The largest absolute Gasteiger partial charge is 0.464 e. The van der Waals surface area contributed by atoms with Crippen molar-refractivity contribution >= 4 is 16.9 Å². The summed E-state index contributed by atoms with van der Waals surface area (Å²) < 4.78 is 4.77. The molecule has 0 bridgehead atoms. The molecule has 0 aliphatic carbocycles. The van der Waals surface area contributed by atoms with E-state index in [2.05, 4.69) is 10.2 Å². The predicted octanol–water partition coefficient (Wildman–Crippen LogP) is 1.34. The molecule has 96 valence electrons. The number of aliphatic hydroxyl groups is 1. The first-order valence-corrected chi connectivity index (χ1v) is 5.89. The molecule has 0 amide bonds. The van der Waals surface area contributed by atoms with Crippen LogP contribution in [0, 0.1) is 6.92 Å². The number of fused-ring (bicyclic) bond motifs is 1. The fourth-order valence-corrected chi connectivity index (χ4v) is 1.98. The summed E-state index contributed by atoms with van der Waals surface area (Å²) in [6.07, 6.45) is 0.859. The van der Waals surface area contributed by atoms with E-state index in [1.54, 1.807) is 13.1 Å². The number of aromatic amines is 1. The zero-order chi connectivity index (χ0) is 13.1. The van der Waals surface area contributed by atoms with E-state index in [0.717, 1.165) is 22.0 Å². The first kappa shape index (κ1) is 12.6. The Labute approximate surface area is 105 Å². The van der Waals surface area contributed by atoms with Gasteiger partial charge in [0.1, 0.15) is 0 Å². The molecule has 1 heterocycles. The number of aromatic nitrogens is 2. The fraction of sp³-hybridized carbons (Fsp3) is 0.385. The van der Waals surface area contributed by atoms with Crippen LogP contribution in [0.25, 0.3) is 10.9 Å². The Morgan fingerprint density at radius 2 is 2.33 bits per heavy atom. The molecule has 2 rings (SSSR count). The highest BCUT2D eigenvalue weighted by molar-refractivity contribution is 5.82. The van der Waals surface area contributed by atoms with Crippen LogP contribution in [0.3, 0.4) is 0 Å². The molecule has 5 nitrogen and oxygen atoms in total. The number of aliphatic hydroxyl groups excluding tert-OH is 1. The van der Waals surface area contributed by atoms with Gasteiger partial charge in [0.25, 0.3) is 0 Å². The third-order valence-electron chi connectivity index (χ3n) is 2.79. The maximum atomic E-state index is 11.4. The summed E-state index contributed by atoms with van der Waals surface area (Å²) in [5.41, 5.74) is 2.90. The summed E-state index contributed by atoms with van der Waals surface area (Å²) in [5, 5.41) is 17.6. The van der Waals surface area contributed by atoms with Crippen molar-refractivity contribution in [3.05, 3.63) is 29.5 Å². The molecule has 0 spiro atoms. The Morgan fingerprint density at radius 3 is 3.06 bits per heavy atom. The van der Waals surface area contributed by atoms with Crippen LogP contribution in [0.1, 0.15) is 18.1 Å². The normalized spacial score (nSPS) is 12.6. The highest BCUT2D eigenvalue weighted by Gasteiger charge is 2.17. The Kier molecular flexibility index (Phi) is 3.62. The number of nitrogens with one attached hydrogen (secondary N) is 1. The van der Waals surface area contributed by atoms with Crippen LogP contribution in [0.5, 0.6) is 0 Å². The van der Waals surface area contributed by atoms with Crippen molar-refractivity contribution < 1.29 is 14.6 Å². The molecule has 0 saturated heterocycles. The lowest BCUT2D eigenvalue weighted by atomic mass is 10.0. The SMILES string of the molecule is CCOC(=O)[C@H](O)Cc1cc(C)c2[nH]ncc2c1. The smallest absolute Gasteiger partial charge is 0.335 e. The number of aryl methyl sites for hydroxylation is 1. The van der Waals surface area contributed by atoms with Gasteiger partial charge < -0.3 is 9.84 Å². The highest BCUT2D eigenvalue weighted by Crippen LogP contribution is 2.19. The molecule has 2 N–H and O–H groups in total. The lowest BCUT2D eigenvalue weighted by molar-refractivity contribution is -0.152. The lowest BCUT2D eigenvalue weighted by Gasteiger charge is -2.10. The molecule has 0 aliphatic heterocycles. The van der Waals surface area contributed by atoms with E-state index in [-0.39, 0.29) is 13.0 Å². The van der Waals surface area contributed by atoms with Crippen molar-refractivity contribution in [2.45, 2.75) is 26.4 Å². The molecule has 0 saturated carbocycles. The molecular formula is C13H16N2O3. The first-order chi connectivity index (χ1) is 8.61. The minimum Gasteiger partial charge on any atom is -0.464 e. The molecule has 1 aromatic heterocycles. The minimum atomic E-state index is -1.12. The third-order valence-corrected chi connectivity index (χ3v) is 2.79. The summed E-state index contributed by atoms with van der Waals surface area (Å²) >= 11 is 0. The van der Waals surface area contributed by atoms with Gasteiger partial charge in [-0.05, 0) is 31.0 Å². The number of carbonyl (C=O) groups excluding carboxylic acids is 1. The van der Waals surface area contributed by atoms with E-state index < -0.39 is 12.1 Å². The van der Waals surface area contributed by atoms with Crippen molar-refractivity contribution in [3.63, 3.8) is 0 Å². The molecule has 1 atom stereocenters. The first-order valence-electron chi connectivity index (χ1n) is 5.89. The molecule has 0 unspecified atom stereocenters. The second-order valence-electron chi connectivity index (χ2n) is 4.22. The number of H-pyrrole nitrogens is 1. The summed E-state index contributed by atoms with van der Waals surface area (Å²) in [5.74, 6) is -0.581. The van der Waals surface area contributed by atoms with E-state index in [1.165, 1.54) is 0 Å². The van der Waals surface area contributed by atoms with Crippen molar-refractivity contribution in [3.8, 4) is 0 Å². The van der Waals surface area contributed by atoms with Crippen LogP contribution in [0.4, 0.5) is 0 Å². The van der Waals surface area contributed by atoms with E-state index in [1.807, 2.05) is 19.1 Å². The molecule has 0 aliphatic rings. The van der Waals surface area contributed by atoms with E-state index in [0.29, 0.717) is 0 Å². The monoisotopic (exact) mass is 248 g/mol. The van der Waals surface area contributed by atoms with Gasteiger partial charge in [-0.3, -0.25) is 5.10 Å². The summed E-state index contributed by atoms with van der Waals surface area (Å²) in [7, 11) is 0. The number of benzene rings is 1. The van der Waals surface area contributed by atoms with E-state index in [4.69, 9.17) is 4.74 Å². The topological polar surface area (TPSA) is 75.2 Å². The minimum absolute atomic E-state index is 0.251. The van der Waals surface area contributed by atoms with Crippen LogP contribution in [0.15, 0.2) is 18.3 Å². The lowest BCUT2D eigenvalue weighted by Crippen LogP contribution is -2.25. The average Bonchev–Trinajstić information content (AvgIpc) is 2.77. The standard InChI is InChI=1S/C13H16N2O3/c1-3-18-13(17)11(16)6-9-4-8(2)12-10(5-9)7-14-15-12/h4-5,7,11,16H,3,6H2,1-2H3,(H,14,15)/t11-/m1/s1. The van der Waals surface area contributed by atoms with Gasteiger partial charge in [-0.1, -0.05) is 6.07 Å². The van der Waals surface area contributed by atoms with Gasteiger partial charge in [-0.2, -0.15) is 5.10 Å². The number of ether oxygens (including phenoxy) is 1. The van der Waals surface area contributed by atoms with Crippen LogP contribution in [-0.4, -0.2) is 34.0 Å². The maximum absolute atomic E-state index is 11.4. The molecule has 0 fully saturated rings.